The number of carbonyl (C=O) groups excluding carboxylic acids is 1. The van der Waals surface area contributed by atoms with Crippen LogP contribution in [0.5, 0.6) is 0 Å². The molecule has 1 aromatic carbocycles. The topological polar surface area (TPSA) is 72.7 Å². The van der Waals surface area contributed by atoms with Crippen LogP contribution in [0.2, 0.25) is 5.02 Å². The standard InChI is InChI=1S/C16H19ClN2O3/c1-3-22-16(21)13-9-19-14-10(2)7-11(17)8-12(14)15(13)18-5-4-6-20/h7-9,20H,3-6H2,1-2H3,(H,18,19)/p+1. The predicted octanol–water partition coefficient (Wildman–Crippen LogP) is 2.59. The van der Waals surface area contributed by atoms with Gasteiger partial charge in [0, 0.05) is 23.7 Å². The highest BCUT2D eigenvalue weighted by Gasteiger charge is 2.21. The first-order chi connectivity index (χ1) is 10.6. The van der Waals surface area contributed by atoms with E-state index in [0.29, 0.717) is 35.8 Å². The minimum absolute atomic E-state index is 0.0818. The Morgan fingerprint density at radius 2 is 2.23 bits per heavy atom. The van der Waals surface area contributed by atoms with Crippen molar-refractivity contribution in [3.63, 3.8) is 0 Å². The highest BCUT2D eigenvalue weighted by atomic mass is 35.5. The number of anilines is 1. The Bertz CT molecular complexity index is 689. The molecule has 0 radical (unpaired) electrons. The molecular formula is C16H20ClN2O3+. The second-order valence-electron chi connectivity index (χ2n) is 4.95. The van der Waals surface area contributed by atoms with Crippen molar-refractivity contribution in [2.75, 3.05) is 25.1 Å². The Labute approximate surface area is 134 Å². The fraction of sp³-hybridized carbons (Fsp3) is 0.375. The molecule has 118 valence electrons. The molecule has 0 spiro atoms. The van der Waals surface area contributed by atoms with Crippen LogP contribution in [0.1, 0.15) is 29.3 Å². The number of ether oxygens (including phenoxy) is 1. The number of aromatic amines is 1. The number of carbonyl (C=O) groups is 1. The number of aromatic nitrogens is 1. The van der Waals surface area contributed by atoms with Crippen molar-refractivity contribution in [1.82, 2.24) is 0 Å². The first kappa shape index (κ1) is 16.5. The molecular weight excluding hydrogens is 304 g/mol. The van der Waals surface area contributed by atoms with Gasteiger partial charge in [-0.05, 0) is 32.4 Å². The van der Waals surface area contributed by atoms with Crippen LogP contribution in [-0.2, 0) is 4.74 Å². The average molecular weight is 324 g/mol. The van der Waals surface area contributed by atoms with Crippen molar-refractivity contribution in [1.29, 1.82) is 0 Å². The highest BCUT2D eigenvalue weighted by molar-refractivity contribution is 6.31. The molecule has 0 atom stereocenters. The zero-order valence-corrected chi connectivity index (χ0v) is 13.5. The molecule has 0 saturated carbocycles. The van der Waals surface area contributed by atoms with Gasteiger partial charge in [-0.15, -0.1) is 0 Å². The molecule has 0 bridgehead atoms. The predicted molar refractivity (Wildman–Crippen MR) is 86.4 cm³/mol. The number of benzene rings is 1. The minimum atomic E-state index is -0.398. The number of aliphatic hydroxyl groups is 1. The van der Waals surface area contributed by atoms with E-state index in [1.807, 2.05) is 19.1 Å². The molecule has 0 aliphatic rings. The van der Waals surface area contributed by atoms with Crippen molar-refractivity contribution >= 4 is 34.2 Å². The summed E-state index contributed by atoms with van der Waals surface area (Å²) in [6.07, 6.45) is 2.23. The number of pyridine rings is 1. The Hall–Kier alpha value is -1.85. The van der Waals surface area contributed by atoms with Crippen molar-refractivity contribution in [3.05, 3.63) is 34.5 Å². The number of halogens is 1. The number of aliphatic hydroxyl groups excluding tert-OH is 1. The van der Waals surface area contributed by atoms with Gasteiger partial charge in [0.2, 0.25) is 5.52 Å². The molecule has 0 amide bonds. The van der Waals surface area contributed by atoms with Crippen LogP contribution < -0.4 is 10.3 Å². The molecule has 5 nitrogen and oxygen atoms in total. The lowest BCUT2D eigenvalue weighted by molar-refractivity contribution is -0.345. The van der Waals surface area contributed by atoms with Crippen molar-refractivity contribution in [3.8, 4) is 0 Å². The van der Waals surface area contributed by atoms with Crippen LogP contribution in [0.4, 0.5) is 5.69 Å². The van der Waals surface area contributed by atoms with Crippen LogP contribution in [0.3, 0.4) is 0 Å². The van der Waals surface area contributed by atoms with Crippen LogP contribution in [-0.4, -0.2) is 30.8 Å². The van der Waals surface area contributed by atoms with Crippen LogP contribution in [0, 0.1) is 6.92 Å². The van der Waals surface area contributed by atoms with Gasteiger partial charge in [0.1, 0.15) is 5.56 Å². The number of esters is 1. The summed E-state index contributed by atoms with van der Waals surface area (Å²) < 4.78 is 5.10. The lowest BCUT2D eigenvalue weighted by Crippen LogP contribution is -2.17. The Morgan fingerprint density at radius 3 is 2.91 bits per heavy atom. The molecule has 0 unspecified atom stereocenters. The smallest absolute Gasteiger partial charge is 0.346 e. The van der Waals surface area contributed by atoms with Gasteiger partial charge in [-0.25, -0.2) is 9.78 Å². The minimum Gasteiger partial charge on any atom is -0.462 e. The third-order valence-electron chi connectivity index (χ3n) is 3.33. The van der Waals surface area contributed by atoms with E-state index in [9.17, 15) is 4.79 Å². The van der Waals surface area contributed by atoms with Gasteiger partial charge in [-0.1, -0.05) is 11.6 Å². The van der Waals surface area contributed by atoms with E-state index >= 15 is 0 Å². The van der Waals surface area contributed by atoms with Crippen molar-refractivity contribution < 1.29 is 19.6 Å². The number of hydrogen-bond donors (Lipinski definition) is 2. The summed E-state index contributed by atoms with van der Waals surface area (Å²) in [5, 5.41) is 13.6. The molecule has 1 aromatic heterocycles. The van der Waals surface area contributed by atoms with Crippen molar-refractivity contribution in [2.24, 2.45) is 0 Å². The number of hydrogen-bond acceptors (Lipinski definition) is 4. The lowest BCUT2D eigenvalue weighted by Gasteiger charge is -2.12. The van der Waals surface area contributed by atoms with E-state index in [0.717, 1.165) is 16.5 Å². The van der Waals surface area contributed by atoms with Crippen LogP contribution in [0.15, 0.2) is 18.3 Å². The first-order valence-electron chi connectivity index (χ1n) is 7.24. The second-order valence-corrected chi connectivity index (χ2v) is 5.38. The maximum atomic E-state index is 12.1. The summed E-state index contributed by atoms with van der Waals surface area (Å²) in [5.74, 6) is -0.398. The van der Waals surface area contributed by atoms with Gasteiger partial charge in [-0.2, -0.15) is 0 Å². The maximum absolute atomic E-state index is 12.1. The summed E-state index contributed by atoms with van der Waals surface area (Å²) in [5.41, 5.74) is 2.99. The van der Waals surface area contributed by atoms with Gasteiger partial charge in [0.05, 0.1) is 17.7 Å². The normalized spacial score (nSPS) is 10.7. The molecule has 6 heteroatoms. The lowest BCUT2D eigenvalue weighted by atomic mass is 10.1. The molecule has 2 aromatic rings. The van der Waals surface area contributed by atoms with Gasteiger partial charge in [-0.3, -0.25) is 0 Å². The van der Waals surface area contributed by atoms with E-state index in [1.165, 1.54) is 0 Å². The molecule has 0 aliphatic carbocycles. The summed E-state index contributed by atoms with van der Waals surface area (Å²) in [4.78, 5) is 15.3. The fourth-order valence-corrected chi connectivity index (χ4v) is 2.62. The van der Waals surface area contributed by atoms with E-state index < -0.39 is 5.97 Å². The molecule has 0 saturated heterocycles. The molecule has 0 fully saturated rings. The fourth-order valence-electron chi connectivity index (χ4n) is 2.35. The highest BCUT2D eigenvalue weighted by Crippen LogP contribution is 2.29. The number of aryl methyl sites for hydroxylation is 1. The summed E-state index contributed by atoms with van der Waals surface area (Å²) in [7, 11) is 0. The molecule has 1 heterocycles. The largest absolute Gasteiger partial charge is 0.462 e. The van der Waals surface area contributed by atoms with Gasteiger partial charge < -0.3 is 15.2 Å². The van der Waals surface area contributed by atoms with Crippen molar-refractivity contribution in [2.45, 2.75) is 20.3 Å². The van der Waals surface area contributed by atoms with E-state index in [4.69, 9.17) is 21.4 Å². The van der Waals surface area contributed by atoms with E-state index in [1.54, 1.807) is 13.1 Å². The number of fused-ring (bicyclic) bond motifs is 1. The van der Waals surface area contributed by atoms with Crippen LogP contribution >= 0.6 is 11.6 Å². The maximum Gasteiger partial charge on any atom is 0.346 e. The monoisotopic (exact) mass is 323 g/mol. The first-order valence-corrected chi connectivity index (χ1v) is 7.62. The van der Waals surface area contributed by atoms with Gasteiger partial charge >= 0.3 is 5.97 Å². The number of nitrogens with one attached hydrogen (secondary N) is 2. The van der Waals surface area contributed by atoms with E-state index in [-0.39, 0.29) is 6.61 Å². The second kappa shape index (κ2) is 7.42. The van der Waals surface area contributed by atoms with Gasteiger partial charge in [0.15, 0.2) is 6.20 Å². The molecule has 0 aliphatic heterocycles. The quantitative estimate of drug-likeness (QED) is 0.633. The van der Waals surface area contributed by atoms with Gasteiger partial charge in [0.25, 0.3) is 0 Å². The number of rotatable bonds is 6. The van der Waals surface area contributed by atoms with Crippen LogP contribution in [0.25, 0.3) is 10.9 Å². The third-order valence-corrected chi connectivity index (χ3v) is 3.55. The number of H-pyrrole nitrogens is 1. The Morgan fingerprint density at radius 1 is 1.45 bits per heavy atom. The molecule has 3 N–H and O–H groups in total. The Kier molecular flexibility index (Phi) is 5.57. The summed E-state index contributed by atoms with van der Waals surface area (Å²) in [6, 6.07) is 3.67. The summed E-state index contributed by atoms with van der Waals surface area (Å²) in [6.45, 7) is 4.66. The Balaban J connectivity index is 2.58. The molecule has 2 rings (SSSR count). The zero-order chi connectivity index (χ0) is 16.1. The third kappa shape index (κ3) is 3.48. The summed E-state index contributed by atoms with van der Waals surface area (Å²) >= 11 is 6.15. The molecule has 22 heavy (non-hydrogen) atoms. The average Bonchev–Trinajstić information content (AvgIpc) is 2.47. The van der Waals surface area contributed by atoms with E-state index in [2.05, 4.69) is 10.3 Å². The zero-order valence-electron chi connectivity index (χ0n) is 12.7. The SMILES string of the molecule is CCOC(=O)c1c[nH+]c2c(C)cc(Cl)cc2c1NCCCO.